The number of alkyl halides is 6. The number of rotatable bonds is 8. The third kappa shape index (κ3) is 8.42. The van der Waals surface area contributed by atoms with Gasteiger partial charge in [0.05, 0.1) is 24.2 Å². The third-order valence-corrected chi connectivity index (χ3v) is 7.78. The lowest BCUT2D eigenvalue weighted by molar-refractivity contribution is -0.140. The minimum absolute atomic E-state index is 0.126. The second kappa shape index (κ2) is 14.0. The molecule has 0 unspecified atom stereocenters. The average molecular weight is 709 g/mol. The van der Waals surface area contributed by atoms with E-state index in [0.717, 1.165) is 24.5 Å². The lowest BCUT2D eigenvalue weighted by Gasteiger charge is -2.20. The second-order valence-electron chi connectivity index (χ2n) is 11.3. The minimum Gasteiger partial charge on any atom is -0.488 e. The van der Waals surface area contributed by atoms with Gasteiger partial charge < -0.3 is 41.4 Å². The molecule has 2 atom stereocenters. The summed E-state index contributed by atoms with van der Waals surface area (Å²) in [7, 11) is 0. The topological polar surface area (TPSA) is 209 Å². The van der Waals surface area contributed by atoms with Gasteiger partial charge in [-0.3, -0.25) is 20.4 Å². The van der Waals surface area contributed by atoms with Crippen molar-refractivity contribution in [2.45, 2.75) is 37.4 Å². The normalized spacial score (nSPS) is 17.7. The average Bonchev–Trinajstić information content (AvgIpc) is 3.72. The molecule has 3 aromatic rings. The predicted octanol–water partition coefficient (Wildman–Crippen LogP) is 3.71. The Balaban J connectivity index is 1.27. The van der Waals surface area contributed by atoms with Gasteiger partial charge in [0.25, 0.3) is 11.8 Å². The molecule has 5 rings (SSSR count). The van der Waals surface area contributed by atoms with Crippen LogP contribution >= 0.6 is 0 Å². The number of halogens is 6. The quantitative estimate of drug-likeness (QED) is 0.114. The van der Waals surface area contributed by atoms with E-state index in [1.807, 2.05) is 0 Å². The Morgan fingerprint density at radius 2 is 1.12 bits per heavy atom. The van der Waals surface area contributed by atoms with Gasteiger partial charge in [0.1, 0.15) is 41.4 Å². The highest BCUT2D eigenvalue weighted by molar-refractivity contribution is 6.07. The summed E-state index contributed by atoms with van der Waals surface area (Å²) in [6.45, 7) is 0.933. The van der Waals surface area contributed by atoms with Crippen molar-refractivity contribution in [3.63, 3.8) is 0 Å². The molecule has 2 aliphatic rings. The molecule has 0 aliphatic carbocycles. The van der Waals surface area contributed by atoms with Crippen molar-refractivity contribution in [3.05, 3.63) is 71.3 Å². The first kappa shape index (κ1) is 35.5. The van der Waals surface area contributed by atoms with Crippen LogP contribution in [-0.2, 0) is 12.4 Å². The SMILES string of the molecule is N=C(N)N1CC[C@@H](Oc2ccc(NC(=O)c3cc(C(=O)Nc4ccc(O[C@@H]5CCN(C(=N)N)C5)c(C(F)(F)F)c4)ncn3)cc2C(F)(F)F)C1. The molecule has 0 saturated carbocycles. The van der Waals surface area contributed by atoms with Crippen molar-refractivity contribution in [1.29, 1.82) is 10.8 Å². The molecule has 2 amide bonds. The molecule has 20 heteroatoms. The molecule has 2 saturated heterocycles. The molecular formula is C30H30F6N10O4. The van der Waals surface area contributed by atoms with Gasteiger partial charge >= 0.3 is 12.4 Å². The Bertz CT molecular complexity index is 1680. The summed E-state index contributed by atoms with van der Waals surface area (Å²) in [6.07, 6.45) is -9.53. The zero-order valence-corrected chi connectivity index (χ0v) is 25.9. The third-order valence-electron chi connectivity index (χ3n) is 7.78. The molecule has 2 aromatic carbocycles. The van der Waals surface area contributed by atoms with E-state index in [1.165, 1.54) is 21.9 Å². The van der Waals surface area contributed by atoms with Crippen LogP contribution in [0, 0.1) is 10.8 Å². The number of hydrogen-bond donors (Lipinski definition) is 6. The maximum Gasteiger partial charge on any atom is 0.420 e. The smallest absolute Gasteiger partial charge is 0.420 e. The van der Waals surface area contributed by atoms with Gasteiger partial charge in [-0.1, -0.05) is 0 Å². The molecule has 0 radical (unpaired) electrons. The van der Waals surface area contributed by atoms with E-state index < -0.39 is 70.4 Å². The largest absolute Gasteiger partial charge is 0.488 e. The lowest BCUT2D eigenvalue weighted by atomic mass is 10.1. The Hall–Kier alpha value is -5.82. The molecule has 2 fully saturated rings. The highest BCUT2D eigenvalue weighted by Gasteiger charge is 2.38. The van der Waals surface area contributed by atoms with E-state index in [4.69, 9.17) is 31.8 Å². The van der Waals surface area contributed by atoms with Crippen LogP contribution in [0.25, 0.3) is 0 Å². The first-order valence-corrected chi connectivity index (χ1v) is 14.9. The summed E-state index contributed by atoms with van der Waals surface area (Å²) in [5, 5.41) is 19.5. The number of nitrogens with one attached hydrogen (secondary N) is 4. The van der Waals surface area contributed by atoms with Crippen LogP contribution in [0.5, 0.6) is 11.5 Å². The summed E-state index contributed by atoms with van der Waals surface area (Å²) in [6, 6.07) is 6.66. The maximum absolute atomic E-state index is 13.9. The zero-order chi connectivity index (χ0) is 36.4. The highest BCUT2D eigenvalue weighted by Crippen LogP contribution is 2.40. The fraction of sp³-hybridized carbons (Fsp3) is 0.333. The van der Waals surface area contributed by atoms with Crippen LogP contribution in [0.1, 0.15) is 44.9 Å². The van der Waals surface area contributed by atoms with Gasteiger partial charge in [-0.15, -0.1) is 0 Å². The predicted molar refractivity (Wildman–Crippen MR) is 166 cm³/mol. The summed E-state index contributed by atoms with van der Waals surface area (Å²) >= 11 is 0. The van der Waals surface area contributed by atoms with Crippen LogP contribution < -0.4 is 31.6 Å². The Morgan fingerprint density at radius 1 is 0.720 bits per heavy atom. The molecule has 50 heavy (non-hydrogen) atoms. The Morgan fingerprint density at radius 3 is 1.46 bits per heavy atom. The van der Waals surface area contributed by atoms with Crippen molar-refractivity contribution in [3.8, 4) is 11.5 Å². The fourth-order valence-electron chi connectivity index (χ4n) is 5.31. The van der Waals surface area contributed by atoms with E-state index >= 15 is 0 Å². The number of guanidine groups is 2. The van der Waals surface area contributed by atoms with Crippen LogP contribution in [0.15, 0.2) is 48.8 Å². The number of hydrogen-bond acceptors (Lipinski definition) is 8. The van der Waals surface area contributed by atoms with E-state index in [9.17, 15) is 35.9 Å². The maximum atomic E-state index is 13.9. The number of nitrogens with two attached hydrogens (primary N) is 2. The van der Waals surface area contributed by atoms with Gasteiger partial charge in [-0.25, -0.2) is 9.97 Å². The first-order valence-electron chi connectivity index (χ1n) is 14.9. The van der Waals surface area contributed by atoms with Crippen molar-refractivity contribution < 1.29 is 45.4 Å². The summed E-state index contributed by atoms with van der Waals surface area (Å²) in [5.74, 6) is -3.44. The fourth-order valence-corrected chi connectivity index (χ4v) is 5.31. The number of amides is 2. The van der Waals surface area contributed by atoms with Gasteiger partial charge in [-0.2, -0.15) is 26.3 Å². The molecular weight excluding hydrogens is 678 g/mol. The molecule has 14 nitrogen and oxygen atoms in total. The number of likely N-dealkylation sites (tertiary alicyclic amines) is 2. The summed E-state index contributed by atoms with van der Waals surface area (Å²) < 4.78 is 94.7. The van der Waals surface area contributed by atoms with Crippen LogP contribution in [0.2, 0.25) is 0 Å². The molecule has 3 heterocycles. The minimum atomic E-state index is -4.86. The van der Waals surface area contributed by atoms with Crippen molar-refractivity contribution in [2.24, 2.45) is 11.5 Å². The van der Waals surface area contributed by atoms with Crippen LogP contribution in [0.3, 0.4) is 0 Å². The van der Waals surface area contributed by atoms with E-state index in [2.05, 4.69) is 20.6 Å². The number of anilines is 2. The van der Waals surface area contributed by atoms with Gasteiger partial charge in [0, 0.05) is 43.4 Å². The highest BCUT2D eigenvalue weighted by atomic mass is 19.4. The van der Waals surface area contributed by atoms with Gasteiger partial charge in [0.15, 0.2) is 11.9 Å². The van der Waals surface area contributed by atoms with Crippen LogP contribution in [-0.4, -0.2) is 81.9 Å². The number of aromatic nitrogens is 2. The zero-order valence-electron chi connectivity index (χ0n) is 25.9. The van der Waals surface area contributed by atoms with E-state index in [1.54, 1.807) is 0 Å². The van der Waals surface area contributed by atoms with E-state index in [-0.39, 0.29) is 36.4 Å². The molecule has 8 N–H and O–H groups in total. The summed E-state index contributed by atoms with van der Waals surface area (Å²) in [5.41, 5.74) is 7.13. The molecule has 2 aliphatic heterocycles. The monoisotopic (exact) mass is 708 g/mol. The molecule has 0 spiro atoms. The van der Waals surface area contributed by atoms with E-state index in [0.29, 0.717) is 38.1 Å². The van der Waals surface area contributed by atoms with Crippen molar-refractivity contribution in [2.75, 3.05) is 36.8 Å². The summed E-state index contributed by atoms with van der Waals surface area (Å²) in [4.78, 5) is 36.3. The molecule has 1 aromatic heterocycles. The lowest BCUT2D eigenvalue weighted by Crippen LogP contribution is -2.35. The number of carbonyl (C=O) groups excluding carboxylic acids is 2. The standard InChI is InChI=1S/C30H30F6N10O4/c31-29(32,33)19-9-15(1-3-23(19)49-17-5-7-45(12-17)27(37)38)43-25(47)21-11-22(42-14-41-21)26(48)44-16-2-4-24(20(10-16)30(34,35)36)50-18-6-8-46(13-18)28(39)40/h1-4,9-11,14,17-18H,5-8,12-13H2,(H3,37,38)(H3,39,40)(H,43,47)(H,44,48)/t17-,18-/m1/s1. The number of nitrogens with zero attached hydrogens (tertiary/aromatic N) is 4. The molecule has 266 valence electrons. The van der Waals surface area contributed by atoms with Gasteiger partial charge in [0.2, 0.25) is 0 Å². The Labute approximate surface area is 279 Å². The Kier molecular flexibility index (Phi) is 9.91. The van der Waals surface area contributed by atoms with Crippen LogP contribution in [0.4, 0.5) is 37.7 Å². The van der Waals surface area contributed by atoms with Gasteiger partial charge in [-0.05, 0) is 36.4 Å². The second-order valence-corrected chi connectivity index (χ2v) is 11.3. The van der Waals surface area contributed by atoms with Crippen molar-refractivity contribution in [1.82, 2.24) is 19.8 Å². The number of ether oxygens (including phenoxy) is 2. The first-order chi connectivity index (χ1) is 23.5. The number of benzene rings is 2. The number of carbonyl (C=O) groups is 2. The molecule has 0 bridgehead atoms. The van der Waals surface area contributed by atoms with Crippen molar-refractivity contribution >= 4 is 35.1 Å².